The van der Waals surface area contributed by atoms with Crippen molar-refractivity contribution in [3.8, 4) is 0 Å². The lowest BCUT2D eigenvalue weighted by molar-refractivity contribution is -0.136. The van der Waals surface area contributed by atoms with Gasteiger partial charge in [0.05, 0.1) is 47.7 Å². The second-order valence-corrected chi connectivity index (χ2v) is 14.1. The molecule has 1 fully saturated rings. The molecule has 11 heteroatoms. The van der Waals surface area contributed by atoms with E-state index in [0.29, 0.717) is 18.7 Å². The number of fused-ring (bicyclic) bond motifs is 6. The first-order valence-electron chi connectivity index (χ1n) is 16.7. The van der Waals surface area contributed by atoms with Crippen LogP contribution < -0.4 is 9.80 Å². The maximum atomic E-state index is 14.4. The number of carbonyl (C=O) groups is 3. The van der Waals surface area contributed by atoms with Crippen LogP contribution >= 0.6 is 23.5 Å². The van der Waals surface area contributed by atoms with Gasteiger partial charge in [0.2, 0.25) is 0 Å². The van der Waals surface area contributed by atoms with Crippen molar-refractivity contribution < 1.29 is 23.9 Å². The van der Waals surface area contributed by atoms with Crippen molar-refractivity contribution in [2.45, 2.75) is 23.6 Å². The van der Waals surface area contributed by atoms with Crippen LogP contribution in [0.1, 0.15) is 13.8 Å². The normalized spacial score (nSPS) is 17.7. The van der Waals surface area contributed by atoms with Crippen LogP contribution in [0.4, 0.5) is 16.2 Å². The average Bonchev–Trinajstić information content (AvgIpc) is 3.68. The summed E-state index contributed by atoms with van der Waals surface area (Å²) in [6.07, 6.45) is 3.88. The Morgan fingerprint density at radius 3 is 1.48 bits per heavy atom. The molecule has 3 aliphatic heterocycles. The highest BCUT2D eigenvalue weighted by Crippen LogP contribution is 2.52. The molecule has 7 rings (SSSR count). The Kier molecular flexibility index (Phi) is 9.74. The molecule has 50 heavy (non-hydrogen) atoms. The summed E-state index contributed by atoms with van der Waals surface area (Å²) < 4.78 is 10.5. The van der Waals surface area contributed by atoms with Gasteiger partial charge in [-0.15, -0.1) is 0 Å². The number of ether oxygens (including phenoxy) is 2. The molecule has 3 aliphatic rings. The molecule has 4 amide bonds. The number of methoxy groups -OCH3 is 2. The van der Waals surface area contributed by atoms with E-state index >= 15 is 0 Å². The van der Waals surface area contributed by atoms with Crippen molar-refractivity contribution in [3.63, 3.8) is 0 Å². The van der Waals surface area contributed by atoms with Gasteiger partial charge >= 0.3 is 6.03 Å². The number of barbiturate groups is 1. The van der Waals surface area contributed by atoms with Gasteiger partial charge < -0.3 is 19.3 Å². The molecule has 0 bridgehead atoms. The van der Waals surface area contributed by atoms with Crippen LogP contribution in [-0.4, -0.2) is 81.3 Å². The number of hydrogen-bond donors (Lipinski definition) is 0. The first-order chi connectivity index (χ1) is 24.4. The predicted octanol–water partition coefficient (Wildman–Crippen LogP) is 7.62. The summed E-state index contributed by atoms with van der Waals surface area (Å²) in [7, 11) is 3.03. The van der Waals surface area contributed by atoms with Gasteiger partial charge in [-0.05, 0) is 54.5 Å². The molecule has 0 saturated carbocycles. The first kappa shape index (κ1) is 33.9. The lowest BCUT2D eigenvalue weighted by atomic mass is 10.0. The van der Waals surface area contributed by atoms with Gasteiger partial charge in [0.15, 0.2) is 0 Å². The van der Waals surface area contributed by atoms with Crippen molar-refractivity contribution in [2.75, 3.05) is 63.4 Å². The molecule has 0 atom stereocenters. The number of imide groups is 2. The largest absolute Gasteiger partial charge is 0.383 e. The summed E-state index contributed by atoms with van der Waals surface area (Å²) in [4.78, 5) is 51.2. The Bertz CT molecular complexity index is 1980. The summed E-state index contributed by atoms with van der Waals surface area (Å²) in [5.74, 6) is -1.28. The first-order valence-corrected chi connectivity index (χ1v) is 18.3. The monoisotopic (exact) mass is 706 g/mol. The van der Waals surface area contributed by atoms with Crippen LogP contribution in [0.15, 0.2) is 116 Å². The van der Waals surface area contributed by atoms with Crippen molar-refractivity contribution in [1.29, 1.82) is 0 Å². The van der Waals surface area contributed by atoms with E-state index in [0.717, 1.165) is 62.6 Å². The molecule has 0 spiro atoms. The maximum absolute atomic E-state index is 14.4. The summed E-state index contributed by atoms with van der Waals surface area (Å²) >= 11 is 3.22. The van der Waals surface area contributed by atoms with Crippen LogP contribution in [0.5, 0.6) is 0 Å². The number of carbonyl (C=O) groups excluding carboxylic acids is 3. The highest BCUT2D eigenvalue weighted by Gasteiger charge is 2.43. The summed E-state index contributed by atoms with van der Waals surface area (Å²) in [6, 6.07) is 24.4. The van der Waals surface area contributed by atoms with E-state index in [9.17, 15) is 14.4 Å². The molecule has 4 aromatic rings. The molecule has 1 saturated heterocycles. The highest BCUT2D eigenvalue weighted by atomic mass is 32.2. The number of rotatable bonds is 10. The molecular formula is C39H38N4O5S2. The minimum atomic E-state index is -0.675. The smallest absolute Gasteiger partial charge is 0.334 e. The zero-order chi connectivity index (χ0) is 34.9. The van der Waals surface area contributed by atoms with E-state index in [1.165, 1.54) is 14.2 Å². The molecule has 0 aliphatic carbocycles. The molecule has 0 unspecified atom stereocenters. The molecule has 0 radical (unpaired) electrons. The Morgan fingerprint density at radius 1 is 0.620 bits per heavy atom. The Hall–Kier alpha value is -4.55. The average molecular weight is 707 g/mol. The summed E-state index contributed by atoms with van der Waals surface area (Å²) in [5, 5.41) is 6.31. The quantitative estimate of drug-likeness (QED) is 0.122. The van der Waals surface area contributed by atoms with Gasteiger partial charge in [0.25, 0.3) is 11.8 Å². The minimum Gasteiger partial charge on any atom is -0.383 e. The number of nitrogens with zero attached hydrogens (tertiary/aromatic N) is 4. The molecule has 256 valence electrons. The molecule has 0 aromatic heterocycles. The molecule has 3 heterocycles. The zero-order valence-corrected chi connectivity index (χ0v) is 30.1. The van der Waals surface area contributed by atoms with E-state index in [2.05, 4.69) is 72.2 Å². The van der Waals surface area contributed by atoms with Crippen molar-refractivity contribution in [2.24, 2.45) is 0 Å². The van der Waals surface area contributed by atoms with Crippen LogP contribution in [0.25, 0.3) is 21.5 Å². The van der Waals surface area contributed by atoms with E-state index < -0.39 is 17.8 Å². The van der Waals surface area contributed by atoms with Gasteiger partial charge in [-0.1, -0.05) is 84.2 Å². The highest BCUT2D eigenvalue weighted by molar-refractivity contribution is 8.04. The second kappa shape index (κ2) is 14.4. The summed E-state index contributed by atoms with van der Waals surface area (Å²) in [5.41, 5.74) is 2.58. The third-order valence-corrected chi connectivity index (χ3v) is 11.3. The zero-order valence-electron chi connectivity index (χ0n) is 28.5. The van der Waals surface area contributed by atoms with Gasteiger partial charge in [-0.2, -0.15) is 0 Å². The lowest BCUT2D eigenvalue weighted by Gasteiger charge is -2.34. The molecular weight excluding hydrogens is 669 g/mol. The number of hydrogen-bond acceptors (Lipinski definition) is 9. The summed E-state index contributed by atoms with van der Waals surface area (Å²) in [6.45, 7) is 5.83. The third kappa shape index (κ3) is 5.87. The van der Waals surface area contributed by atoms with Crippen molar-refractivity contribution in [3.05, 3.63) is 106 Å². The van der Waals surface area contributed by atoms with Crippen LogP contribution in [0.2, 0.25) is 0 Å². The fourth-order valence-electron chi connectivity index (χ4n) is 6.73. The van der Waals surface area contributed by atoms with Gasteiger partial charge in [-0.25, -0.2) is 4.79 Å². The topological polar surface area (TPSA) is 82.6 Å². The number of urea groups is 1. The Balaban J connectivity index is 1.43. The lowest BCUT2D eigenvalue weighted by Crippen LogP contribution is -2.58. The van der Waals surface area contributed by atoms with E-state index in [-0.39, 0.29) is 31.9 Å². The fraction of sp³-hybridized carbons (Fsp3) is 0.256. The standard InChI is InChI=1S/C39H38N4O5S2/c1-5-40-32(49-30-17-15-25-11-7-9-13-28(25)35(30)40)23-27(34-37(44)42(19-21-47-3)39(46)43(38(34)45)20-22-48-4)24-33-41(6-2)36-29-14-10-8-12-26(29)16-18-31(36)50-33/h7-18,23-24H,5-6,19-22H2,1-4H3/b32-23-,33-24+. The fourth-order valence-corrected chi connectivity index (χ4v) is 9.12. The number of thioether (sulfide) groups is 2. The van der Waals surface area contributed by atoms with Gasteiger partial charge in [0, 0.05) is 47.9 Å². The number of anilines is 2. The van der Waals surface area contributed by atoms with Gasteiger partial charge in [0.1, 0.15) is 5.57 Å². The molecule has 9 nitrogen and oxygen atoms in total. The Labute approximate surface area is 300 Å². The van der Waals surface area contributed by atoms with Gasteiger partial charge in [-0.3, -0.25) is 19.4 Å². The molecule has 4 aromatic carbocycles. The predicted molar refractivity (Wildman–Crippen MR) is 201 cm³/mol. The maximum Gasteiger partial charge on any atom is 0.334 e. The van der Waals surface area contributed by atoms with E-state index in [4.69, 9.17) is 9.47 Å². The van der Waals surface area contributed by atoms with Crippen molar-refractivity contribution in [1.82, 2.24) is 9.80 Å². The SMILES string of the molecule is CCN1/C(=C/C(/C=C2/Sc3ccc4ccccc4c3N2CC)=C2C(=O)N(CCOC)C(=O)N(CCOC)C2=O)Sc2ccc3ccccc3c21. The number of amides is 4. The van der Waals surface area contributed by atoms with Crippen LogP contribution in [0, 0.1) is 0 Å². The molecule has 0 N–H and O–H groups in total. The minimum absolute atomic E-state index is 0.00931. The van der Waals surface area contributed by atoms with E-state index in [1.54, 1.807) is 23.5 Å². The van der Waals surface area contributed by atoms with Crippen molar-refractivity contribution >= 4 is 74.3 Å². The third-order valence-electron chi connectivity index (χ3n) is 9.13. The number of allylic oxidation sites excluding steroid dienone is 3. The second-order valence-electron chi connectivity index (χ2n) is 11.9. The number of benzene rings is 4. The van der Waals surface area contributed by atoms with Crippen LogP contribution in [0.3, 0.4) is 0 Å². The Morgan fingerprint density at radius 2 is 1.06 bits per heavy atom. The van der Waals surface area contributed by atoms with E-state index in [1.807, 2.05) is 36.4 Å². The van der Waals surface area contributed by atoms with Crippen LogP contribution in [-0.2, 0) is 19.1 Å².